The maximum absolute atomic E-state index is 11.7. The summed E-state index contributed by atoms with van der Waals surface area (Å²) in [5.41, 5.74) is 7.00. The Morgan fingerprint density at radius 3 is 2.42 bits per heavy atom. The van der Waals surface area contributed by atoms with Crippen LogP contribution in [0.5, 0.6) is 0 Å². The maximum Gasteiger partial charge on any atom is 0.237 e. The molecule has 19 heavy (non-hydrogen) atoms. The van der Waals surface area contributed by atoms with Crippen molar-refractivity contribution in [2.24, 2.45) is 5.73 Å². The molecule has 0 bridgehead atoms. The lowest BCUT2D eigenvalue weighted by Crippen LogP contribution is -2.56. The van der Waals surface area contributed by atoms with Crippen LogP contribution < -0.4 is 11.1 Å². The SMILES string of the molecule is Cc1ncn(C(C)CC(C)(NC(C)C)C(N)=O)c1C. The fourth-order valence-electron chi connectivity index (χ4n) is 2.52. The lowest BCUT2D eigenvalue weighted by molar-refractivity contribution is -0.124. The first-order valence-electron chi connectivity index (χ1n) is 6.75. The summed E-state index contributed by atoms with van der Waals surface area (Å²) in [6.45, 7) is 12.0. The van der Waals surface area contributed by atoms with Crippen LogP contribution in [0.15, 0.2) is 6.33 Å². The molecule has 2 atom stereocenters. The zero-order chi connectivity index (χ0) is 14.8. The summed E-state index contributed by atoms with van der Waals surface area (Å²) in [7, 11) is 0. The molecule has 5 heteroatoms. The minimum Gasteiger partial charge on any atom is -0.368 e. The van der Waals surface area contributed by atoms with Gasteiger partial charge in [-0.15, -0.1) is 0 Å². The Morgan fingerprint density at radius 1 is 1.47 bits per heavy atom. The second-order valence-electron chi connectivity index (χ2n) is 5.87. The first-order valence-corrected chi connectivity index (χ1v) is 6.75. The van der Waals surface area contributed by atoms with E-state index in [0.29, 0.717) is 6.42 Å². The fraction of sp³-hybridized carbons (Fsp3) is 0.714. The first kappa shape index (κ1) is 15.7. The Kier molecular flexibility index (Phi) is 4.74. The van der Waals surface area contributed by atoms with Crippen LogP contribution in [-0.2, 0) is 4.79 Å². The molecule has 0 saturated carbocycles. The van der Waals surface area contributed by atoms with Crippen molar-refractivity contribution in [3.63, 3.8) is 0 Å². The number of carbonyl (C=O) groups excluding carboxylic acids is 1. The largest absolute Gasteiger partial charge is 0.368 e. The normalized spacial score (nSPS) is 16.4. The average Bonchev–Trinajstić information content (AvgIpc) is 2.58. The minimum absolute atomic E-state index is 0.157. The Labute approximate surface area is 115 Å². The Morgan fingerprint density at radius 2 is 2.05 bits per heavy atom. The topological polar surface area (TPSA) is 72.9 Å². The summed E-state index contributed by atoms with van der Waals surface area (Å²) in [4.78, 5) is 16.0. The molecule has 1 heterocycles. The zero-order valence-electron chi connectivity index (χ0n) is 12.8. The van der Waals surface area contributed by atoms with E-state index in [1.165, 1.54) is 0 Å². The van der Waals surface area contributed by atoms with Gasteiger partial charge in [-0.05, 0) is 48.0 Å². The molecule has 0 spiro atoms. The molecule has 1 rings (SSSR count). The van der Waals surface area contributed by atoms with E-state index in [9.17, 15) is 4.79 Å². The van der Waals surface area contributed by atoms with Crippen LogP contribution in [0.1, 0.15) is 51.5 Å². The van der Waals surface area contributed by atoms with Crippen molar-refractivity contribution in [3.8, 4) is 0 Å². The summed E-state index contributed by atoms with van der Waals surface area (Å²) in [6.07, 6.45) is 2.46. The van der Waals surface area contributed by atoms with Gasteiger partial charge in [-0.1, -0.05) is 0 Å². The van der Waals surface area contributed by atoms with Gasteiger partial charge in [0.1, 0.15) is 0 Å². The van der Waals surface area contributed by atoms with E-state index in [-0.39, 0.29) is 18.0 Å². The molecule has 0 aliphatic heterocycles. The van der Waals surface area contributed by atoms with Crippen molar-refractivity contribution in [1.29, 1.82) is 0 Å². The van der Waals surface area contributed by atoms with Crippen LogP contribution in [0.3, 0.4) is 0 Å². The number of hydrogen-bond donors (Lipinski definition) is 2. The van der Waals surface area contributed by atoms with Crippen molar-refractivity contribution >= 4 is 5.91 Å². The smallest absolute Gasteiger partial charge is 0.237 e. The van der Waals surface area contributed by atoms with Gasteiger partial charge in [0.05, 0.1) is 17.6 Å². The number of aromatic nitrogens is 2. The third-order valence-electron chi connectivity index (χ3n) is 3.62. The summed E-state index contributed by atoms with van der Waals surface area (Å²) in [5.74, 6) is -0.317. The lowest BCUT2D eigenvalue weighted by Gasteiger charge is -2.33. The van der Waals surface area contributed by atoms with Gasteiger partial charge >= 0.3 is 0 Å². The monoisotopic (exact) mass is 266 g/mol. The molecule has 0 radical (unpaired) electrons. The summed E-state index contributed by atoms with van der Waals surface area (Å²) >= 11 is 0. The highest BCUT2D eigenvalue weighted by Gasteiger charge is 2.33. The molecular formula is C14H26N4O. The summed E-state index contributed by atoms with van der Waals surface area (Å²) in [6, 6.07) is 0.361. The van der Waals surface area contributed by atoms with E-state index in [1.54, 1.807) is 0 Å². The van der Waals surface area contributed by atoms with Crippen molar-refractivity contribution in [1.82, 2.24) is 14.9 Å². The average molecular weight is 266 g/mol. The molecule has 0 aliphatic rings. The van der Waals surface area contributed by atoms with Gasteiger partial charge in [-0.2, -0.15) is 0 Å². The highest BCUT2D eigenvalue weighted by Crippen LogP contribution is 2.23. The number of hydrogen-bond acceptors (Lipinski definition) is 3. The summed E-state index contributed by atoms with van der Waals surface area (Å²) < 4.78 is 2.10. The molecule has 0 aliphatic carbocycles. The molecule has 1 aromatic rings. The van der Waals surface area contributed by atoms with Crippen molar-refractivity contribution < 1.29 is 4.79 Å². The van der Waals surface area contributed by atoms with Crippen molar-refractivity contribution in [2.75, 3.05) is 0 Å². The number of nitrogens with one attached hydrogen (secondary N) is 1. The zero-order valence-corrected chi connectivity index (χ0v) is 12.8. The second-order valence-corrected chi connectivity index (χ2v) is 5.87. The van der Waals surface area contributed by atoms with Crippen LogP contribution >= 0.6 is 0 Å². The van der Waals surface area contributed by atoms with Crippen LogP contribution in [-0.4, -0.2) is 27.0 Å². The van der Waals surface area contributed by atoms with E-state index in [0.717, 1.165) is 11.4 Å². The third kappa shape index (κ3) is 3.56. The maximum atomic E-state index is 11.7. The van der Waals surface area contributed by atoms with Gasteiger partial charge in [0.15, 0.2) is 0 Å². The molecule has 2 unspecified atom stereocenters. The van der Waals surface area contributed by atoms with Gasteiger partial charge in [0, 0.05) is 17.8 Å². The molecular weight excluding hydrogens is 240 g/mol. The number of amides is 1. The first-order chi connectivity index (χ1) is 8.67. The second kappa shape index (κ2) is 5.74. The third-order valence-corrected chi connectivity index (χ3v) is 3.62. The summed E-state index contributed by atoms with van der Waals surface area (Å²) in [5, 5.41) is 3.27. The van der Waals surface area contributed by atoms with Crippen molar-refractivity contribution in [2.45, 2.75) is 65.6 Å². The van der Waals surface area contributed by atoms with Gasteiger partial charge in [0.25, 0.3) is 0 Å². The minimum atomic E-state index is -0.710. The molecule has 0 aromatic carbocycles. The lowest BCUT2D eigenvalue weighted by atomic mass is 9.91. The highest BCUT2D eigenvalue weighted by atomic mass is 16.1. The van der Waals surface area contributed by atoms with Crippen LogP contribution in [0.4, 0.5) is 0 Å². The molecule has 3 N–H and O–H groups in total. The number of nitrogens with two attached hydrogens (primary N) is 1. The Hall–Kier alpha value is -1.36. The number of nitrogens with zero attached hydrogens (tertiary/aromatic N) is 2. The van der Waals surface area contributed by atoms with E-state index < -0.39 is 5.54 Å². The molecule has 5 nitrogen and oxygen atoms in total. The molecule has 1 aromatic heterocycles. The number of primary amides is 1. The van der Waals surface area contributed by atoms with Crippen molar-refractivity contribution in [3.05, 3.63) is 17.7 Å². The van der Waals surface area contributed by atoms with Gasteiger partial charge in [-0.3, -0.25) is 4.79 Å². The van der Waals surface area contributed by atoms with Crippen LogP contribution in [0.25, 0.3) is 0 Å². The Balaban J connectivity index is 2.91. The van der Waals surface area contributed by atoms with E-state index in [4.69, 9.17) is 5.73 Å². The van der Waals surface area contributed by atoms with E-state index >= 15 is 0 Å². The standard InChI is InChI=1S/C14H26N4O/c1-9(2)17-14(6,13(15)19)7-10(3)18-8-16-11(4)12(18)5/h8-10,17H,7H2,1-6H3,(H2,15,19). The van der Waals surface area contributed by atoms with Gasteiger partial charge in [0.2, 0.25) is 5.91 Å². The van der Waals surface area contributed by atoms with E-state index in [2.05, 4.69) is 21.8 Å². The molecule has 1 amide bonds. The molecule has 0 fully saturated rings. The predicted molar refractivity (Wildman–Crippen MR) is 76.9 cm³/mol. The highest BCUT2D eigenvalue weighted by molar-refractivity contribution is 5.84. The molecule has 0 saturated heterocycles. The van der Waals surface area contributed by atoms with Gasteiger partial charge in [-0.25, -0.2) is 4.98 Å². The number of carbonyl (C=O) groups is 1. The fourth-order valence-corrected chi connectivity index (χ4v) is 2.52. The van der Waals surface area contributed by atoms with Gasteiger partial charge < -0.3 is 15.6 Å². The van der Waals surface area contributed by atoms with Crippen LogP contribution in [0.2, 0.25) is 0 Å². The molecule has 108 valence electrons. The number of imidazole rings is 1. The predicted octanol–water partition coefficient (Wildman–Crippen LogP) is 1.69. The number of aryl methyl sites for hydroxylation is 1. The van der Waals surface area contributed by atoms with Crippen LogP contribution in [0, 0.1) is 13.8 Å². The number of rotatable bonds is 6. The quantitative estimate of drug-likeness (QED) is 0.823. The van der Waals surface area contributed by atoms with E-state index in [1.807, 2.05) is 40.9 Å². The Bertz CT molecular complexity index is 452.